The molecule has 1 saturated heterocycles. The summed E-state index contributed by atoms with van der Waals surface area (Å²) in [4.78, 5) is 51.9. The Balaban J connectivity index is 1.43. The van der Waals surface area contributed by atoms with E-state index in [-0.39, 0.29) is 49.6 Å². The van der Waals surface area contributed by atoms with Crippen molar-refractivity contribution < 1.29 is 28.0 Å². The first-order chi connectivity index (χ1) is 16.1. The fraction of sp³-hybridized carbons (Fsp3) is 0.360. The highest BCUT2D eigenvalue weighted by molar-refractivity contribution is 6.05. The Morgan fingerprint density at radius 3 is 2.62 bits per heavy atom. The fourth-order valence-corrected chi connectivity index (χ4v) is 4.34. The van der Waals surface area contributed by atoms with Crippen molar-refractivity contribution in [3.8, 4) is 0 Å². The number of nitrogens with zero attached hydrogens (tertiary/aromatic N) is 2. The number of nitrogens with one attached hydrogen (secondary N) is 1. The number of amides is 3. The Hall–Kier alpha value is -3.62. The number of Topliss-reactive ketones (excluding diaryl/α,β-unsaturated/α-hetero) is 1. The molecule has 1 N–H and O–H groups in total. The lowest BCUT2D eigenvalue weighted by Gasteiger charge is -2.29. The van der Waals surface area contributed by atoms with Gasteiger partial charge in [0.2, 0.25) is 17.6 Å². The summed E-state index contributed by atoms with van der Waals surface area (Å²) in [6, 6.07) is 9.98. The molecule has 2 heterocycles. The number of hydrogen-bond acceptors (Lipinski definition) is 5. The van der Waals surface area contributed by atoms with E-state index < -0.39 is 23.7 Å². The van der Waals surface area contributed by atoms with Crippen molar-refractivity contribution in [2.24, 2.45) is 0 Å². The van der Waals surface area contributed by atoms with Crippen LogP contribution in [0.15, 0.2) is 42.5 Å². The summed E-state index contributed by atoms with van der Waals surface area (Å²) in [5, 5.41) is 2.25. The molecular weight excluding hydrogens is 444 g/mol. The van der Waals surface area contributed by atoms with E-state index in [4.69, 9.17) is 0 Å². The van der Waals surface area contributed by atoms with Gasteiger partial charge in [0.05, 0.1) is 0 Å². The number of fused-ring (bicyclic) bond motifs is 1. The second kappa shape index (κ2) is 8.96. The van der Waals surface area contributed by atoms with Gasteiger partial charge in [-0.2, -0.15) is 8.78 Å². The van der Waals surface area contributed by atoms with Crippen LogP contribution in [0.5, 0.6) is 0 Å². The van der Waals surface area contributed by atoms with Gasteiger partial charge in [-0.1, -0.05) is 24.3 Å². The zero-order valence-electron chi connectivity index (χ0n) is 18.9. The van der Waals surface area contributed by atoms with Crippen molar-refractivity contribution in [2.45, 2.75) is 44.2 Å². The van der Waals surface area contributed by atoms with Crippen LogP contribution in [-0.4, -0.2) is 48.5 Å². The van der Waals surface area contributed by atoms with Gasteiger partial charge in [-0.25, -0.2) is 0 Å². The van der Waals surface area contributed by atoms with Gasteiger partial charge in [-0.3, -0.25) is 24.5 Å². The van der Waals surface area contributed by atoms with E-state index in [2.05, 4.69) is 5.32 Å². The summed E-state index contributed by atoms with van der Waals surface area (Å²) in [6.07, 6.45) is 0.163. The summed E-state index contributed by atoms with van der Waals surface area (Å²) in [5.74, 6) is -5.95. The number of anilines is 1. The molecule has 4 rings (SSSR count). The van der Waals surface area contributed by atoms with E-state index in [9.17, 15) is 28.0 Å². The van der Waals surface area contributed by atoms with E-state index >= 15 is 0 Å². The van der Waals surface area contributed by atoms with Gasteiger partial charge in [0.1, 0.15) is 6.04 Å². The van der Waals surface area contributed by atoms with Crippen LogP contribution in [0, 0.1) is 0 Å². The first-order valence-corrected chi connectivity index (χ1v) is 11.0. The summed E-state index contributed by atoms with van der Waals surface area (Å²) in [5.41, 5.74) is 2.00. The second-order valence-corrected chi connectivity index (χ2v) is 8.83. The monoisotopic (exact) mass is 469 g/mol. The van der Waals surface area contributed by atoms with E-state index in [1.54, 1.807) is 43.3 Å². The standard InChI is InChI=1S/C25H25F2N3O4/c1-29(2)18-5-3-4-17(13-18)25(26,27)21(31)10-7-15-6-8-19-16(12-15)14-30(24(19)34)20-9-11-22(32)28-23(20)33/h3-6,8,12-13,20H,7,9-11,14H2,1-2H3,(H,28,32,33). The van der Waals surface area contributed by atoms with Crippen molar-refractivity contribution >= 4 is 29.2 Å². The van der Waals surface area contributed by atoms with Gasteiger partial charge < -0.3 is 9.80 Å². The largest absolute Gasteiger partial charge is 0.378 e. The molecule has 1 atom stereocenters. The van der Waals surface area contributed by atoms with Crippen molar-refractivity contribution in [3.05, 3.63) is 64.7 Å². The minimum absolute atomic E-state index is 0.0989. The summed E-state index contributed by atoms with van der Waals surface area (Å²) < 4.78 is 29.6. The number of carbonyl (C=O) groups excluding carboxylic acids is 4. The fourth-order valence-electron chi connectivity index (χ4n) is 4.34. The maximum atomic E-state index is 14.8. The van der Waals surface area contributed by atoms with Crippen LogP contribution in [0.25, 0.3) is 0 Å². The van der Waals surface area contributed by atoms with Crippen molar-refractivity contribution in [1.29, 1.82) is 0 Å². The van der Waals surface area contributed by atoms with Crippen molar-refractivity contribution in [1.82, 2.24) is 10.2 Å². The lowest BCUT2D eigenvalue weighted by Crippen LogP contribution is -2.52. The predicted molar refractivity (Wildman–Crippen MR) is 120 cm³/mol. The third-order valence-corrected chi connectivity index (χ3v) is 6.30. The van der Waals surface area contributed by atoms with Gasteiger partial charge in [0, 0.05) is 50.3 Å². The Labute approximate surface area is 195 Å². The second-order valence-electron chi connectivity index (χ2n) is 8.83. The van der Waals surface area contributed by atoms with E-state index in [0.29, 0.717) is 22.4 Å². The smallest absolute Gasteiger partial charge is 0.330 e. The number of alkyl halides is 2. The number of carbonyl (C=O) groups is 4. The molecule has 0 radical (unpaired) electrons. The van der Waals surface area contributed by atoms with Crippen LogP contribution in [-0.2, 0) is 33.3 Å². The Morgan fingerprint density at radius 1 is 1.15 bits per heavy atom. The molecule has 0 aliphatic carbocycles. The normalized spacial score (nSPS) is 18.1. The minimum atomic E-state index is -3.61. The van der Waals surface area contributed by atoms with Crippen LogP contribution in [0.1, 0.15) is 46.3 Å². The Kier molecular flexibility index (Phi) is 6.20. The molecule has 0 aromatic heterocycles. The molecule has 1 fully saturated rings. The zero-order valence-corrected chi connectivity index (χ0v) is 18.9. The third kappa shape index (κ3) is 4.42. The maximum absolute atomic E-state index is 14.8. The maximum Gasteiger partial charge on any atom is 0.330 e. The number of aryl methyl sites for hydroxylation is 1. The number of imide groups is 1. The predicted octanol–water partition coefficient (Wildman–Crippen LogP) is 2.81. The first-order valence-electron chi connectivity index (χ1n) is 11.0. The molecule has 178 valence electrons. The summed E-state index contributed by atoms with van der Waals surface area (Å²) >= 11 is 0. The average Bonchev–Trinajstić information content (AvgIpc) is 3.13. The van der Waals surface area contributed by atoms with Gasteiger partial charge in [-0.05, 0) is 42.2 Å². The van der Waals surface area contributed by atoms with Crippen LogP contribution < -0.4 is 10.2 Å². The van der Waals surface area contributed by atoms with E-state index in [1.165, 1.54) is 23.1 Å². The molecular formula is C25H25F2N3O4. The van der Waals surface area contributed by atoms with Gasteiger partial charge in [-0.15, -0.1) is 0 Å². The minimum Gasteiger partial charge on any atom is -0.378 e. The molecule has 0 saturated carbocycles. The highest BCUT2D eigenvalue weighted by atomic mass is 19.3. The molecule has 2 aromatic carbocycles. The molecule has 3 amide bonds. The lowest BCUT2D eigenvalue weighted by atomic mass is 9.97. The summed E-state index contributed by atoms with van der Waals surface area (Å²) in [6.45, 7) is 0.190. The quantitative estimate of drug-likeness (QED) is 0.631. The molecule has 2 aromatic rings. The molecule has 1 unspecified atom stereocenters. The third-order valence-electron chi connectivity index (χ3n) is 6.30. The topological polar surface area (TPSA) is 86.8 Å². The number of benzene rings is 2. The van der Waals surface area contributed by atoms with Crippen molar-refractivity contribution in [3.63, 3.8) is 0 Å². The Bertz CT molecular complexity index is 1180. The molecule has 2 aliphatic heterocycles. The average molecular weight is 469 g/mol. The Morgan fingerprint density at radius 2 is 1.91 bits per heavy atom. The van der Waals surface area contributed by atoms with Crippen LogP contribution >= 0.6 is 0 Å². The van der Waals surface area contributed by atoms with E-state index in [1.807, 2.05) is 0 Å². The molecule has 2 aliphatic rings. The van der Waals surface area contributed by atoms with Crippen molar-refractivity contribution in [2.75, 3.05) is 19.0 Å². The molecule has 7 nitrogen and oxygen atoms in total. The lowest BCUT2D eigenvalue weighted by molar-refractivity contribution is -0.144. The molecule has 9 heteroatoms. The number of halogens is 2. The SMILES string of the molecule is CN(C)c1cccc(C(F)(F)C(=O)CCc2ccc3c(c2)CN(C2CCC(=O)NC2=O)C3=O)c1. The summed E-state index contributed by atoms with van der Waals surface area (Å²) in [7, 11) is 3.47. The van der Waals surface area contributed by atoms with Gasteiger partial charge in [0.25, 0.3) is 5.91 Å². The van der Waals surface area contributed by atoms with Gasteiger partial charge in [0.15, 0.2) is 0 Å². The van der Waals surface area contributed by atoms with Crippen LogP contribution in [0.4, 0.5) is 14.5 Å². The number of hydrogen-bond donors (Lipinski definition) is 1. The number of piperidine rings is 1. The number of rotatable bonds is 7. The zero-order chi connectivity index (χ0) is 24.6. The highest BCUT2D eigenvalue weighted by Crippen LogP contribution is 2.33. The first kappa shape index (κ1) is 23.5. The molecule has 0 spiro atoms. The highest BCUT2D eigenvalue weighted by Gasteiger charge is 2.41. The van der Waals surface area contributed by atoms with Crippen LogP contribution in [0.2, 0.25) is 0 Å². The van der Waals surface area contributed by atoms with E-state index in [0.717, 1.165) is 0 Å². The van der Waals surface area contributed by atoms with Gasteiger partial charge >= 0.3 is 5.92 Å². The molecule has 0 bridgehead atoms. The number of ketones is 1. The molecule has 34 heavy (non-hydrogen) atoms. The van der Waals surface area contributed by atoms with Crippen LogP contribution in [0.3, 0.4) is 0 Å².